The van der Waals surface area contributed by atoms with E-state index in [0.29, 0.717) is 19.3 Å². The number of fused-ring (bicyclic) bond motifs is 1. The topological polar surface area (TPSA) is 33.7 Å². The van der Waals surface area contributed by atoms with Crippen molar-refractivity contribution >= 4 is 0 Å². The summed E-state index contributed by atoms with van der Waals surface area (Å²) in [4.78, 5) is 2.55. The van der Waals surface area contributed by atoms with Crippen molar-refractivity contribution in [2.75, 3.05) is 32.8 Å². The minimum Gasteiger partial charge on any atom is -0.486 e. The molecule has 21 heavy (non-hydrogen) atoms. The van der Waals surface area contributed by atoms with Crippen LogP contribution in [0.5, 0.6) is 11.5 Å². The molecule has 2 aliphatic rings. The number of benzene rings is 1. The number of nitrogens with one attached hydrogen (secondary N) is 1. The zero-order valence-electron chi connectivity index (χ0n) is 12.9. The highest BCUT2D eigenvalue weighted by Gasteiger charge is 2.16. The minimum atomic E-state index is 0.634. The molecule has 4 heteroatoms. The number of nitrogens with zero attached hydrogens (tertiary/aromatic N) is 1. The van der Waals surface area contributed by atoms with Crippen LogP contribution in [-0.2, 0) is 6.54 Å². The molecule has 116 valence electrons. The molecule has 1 unspecified atom stereocenters. The summed E-state index contributed by atoms with van der Waals surface area (Å²) in [5, 5.41) is 3.71. The van der Waals surface area contributed by atoms with Gasteiger partial charge in [-0.15, -0.1) is 0 Å². The Hall–Kier alpha value is -1.26. The predicted molar refractivity (Wildman–Crippen MR) is 84.0 cm³/mol. The summed E-state index contributed by atoms with van der Waals surface area (Å²) >= 11 is 0. The van der Waals surface area contributed by atoms with E-state index in [1.165, 1.54) is 44.5 Å². The van der Waals surface area contributed by atoms with Crippen molar-refractivity contribution in [3.05, 3.63) is 23.8 Å². The first-order chi connectivity index (χ1) is 10.3. The number of ether oxygens (including phenoxy) is 2. The van der Waals surface area contributed by atoms with Crippen molar-refractivity contribution in [1.82, 2.24) is 10.2 Å². The van der Waals surface area contributed by atoms with Gasteiger partial charge in [0, 0.05) is 12.6 Å². The van der Waals surface area contributed by atoms with Crippen molar-refractivity contribution < 1.29 is 9.47 Å². The molecule has 1 aromatic carbocycles. The quantitative estimate of drug-likeness (QED) is 0.923. The van der Waals surface area contributed by atoms with Gasteiger partial charge >= 0.3 is 0 Å². The third-order valence-corrected chi connectivity index (χ3v) is 4.47. The van der Waals surface area contributed by atoms with E-state index in [9.17, 15) is 0 Å². The molecule has 0 aliphatic carbocycles. The van der Waals surface area contributed by atoms with Crippen LogP contribution in [0.1, 0.15) is 31.7 Å². The molecule has 3 rings (SSSR count). The van der Waals surface area contributed by atoms with Gasteiger partial charge in [-0.1, -0.05) is 13.0 Å². The highest BCUT2D eigenvalue weighted by atomic mass is 16.6. The van der Waals surface area contributed by atoms with Crippen molar-refractivity contribution in [2.45, 2.75) is 38.8 Å². The average molecular weight is 290 g/mol. The van der Waals surface area contributed by atoms with Gasteiger partial charge in [0.2, 0.25) is 0 Å². The van der Waals surface area contributed by atoms with Gasteiger partial charge < -0.3 is 19.7 Å². The van der Waals surface area contributed by atoms with Crippen molar-refractivity contribution in [3.8, 4) is 11.5 Å². The summed E-state index contributed by atoms with van der Waals surface area (Å²) < 4.78 is 11.2. The molecule has 1 N–H and O–H groups in total. The molecule has 0 saturated carbocycles. The molecular weight excluding hydrogens is 264 g/mol. The van der Waals surface area contributed by atoms with Crippen LogP contribution in [0.2, 0.25) is 0 Å². The van der Waals surface area contributed by atoms with E-state index in [2.05, 4.69) is 29.3 Å². The first kappa shape index (κ1) is 14.7. The van der Waals surface area contributed by atoms with Crippen molar-refractivity contribution in [3.63, 3.8) is 0 Å². The molecule has 0 spiro atoms. The van der Waals surface area contributed by atoms with Gasteiger partial charge in [-0.25, -0.2) is 0 Å². The Morgan fingerprint density at radius 1 is 1.14 bits per heavy atom. The molecule has 1 atom stereocenters. The van der Waals surface area contributed by atoms with Gasteiger partial charge in [-0.05, 0) is 56.6 Å². The molecule has 1 saturated heterocycles. The van der Waals surface area contributed by atoms with Crippen LogP contribution in [0, 0.1) is 0 Å². The Morgan fingerprint density at radius 2 is 2.00 bits per heavy atom. The fourth-order valence-corrected chi connectivity index (χ4v) is 3.14. The Morgan fingerprint density at radius 3 is 2.86 bits per heavy atom. The van der Waals surface area contributed by atoms with E-state index in [1.807, 2.05) is 6.07 Å². The van der Waals surface area contributed by atoms with Crippen molar-refractivity contribution in [1.29, 1.82) is 0 Å². The molecule has 0 bridgehead atoms. The zero-order valence-corrected chi connectivity index (χ0v) is 12.9. The van der Waals surface area contributed by atoms with Gasteiger partial charge in [-0.2, -0.15) is 0 Å². The Balaban J connectivity index is 1.53. The number of likely N-dealkylation sites (tertiary alicyclic amines) is 1. The summed E-state index contributed by atoms with van der Waals surface area (Å²) in [5.74, 6) is 1.76. The summed E-state index contributed by atoms with van der Waals surface area (Å²) in [6.07, 6.45) is 3.83. The Kier molecular flexibility index (Phi) is 4.99. The summed E-state index contributed by atoms with van der Waals surface area (Å²) in [6.45, 7) is 8.11. The van der Waals surface area contributed by atoms with Crippen molar-refractivity contribution in [2.24, 2.45) is 0 Å². The molecule has 2 heterocycles. The lowest BCUT2D eigenvalue weighted by atomic mass is 10.1. The van der Waals surface area contributed by atoms with Gasteiger partial charge in [-0.3, -0.25) is 0 Å². The van der Waals surface area contributed by atoms with E-state index in [0.717, 1.165) is 18.0 Å². The van der Waals surface area contributed by atoms with Gasteiger partial charge in [0.05, 0.1) is 0 Å². The largest absolute Gasteiger partial charge is 0.486 e. The van der Waals surface area contributed by atoms with Gasteiger partial charge in [0.1, 0.15) is 13.2 Å². The van der Waals surface area contributed by atoms with Crippen LogP contribution in [0.15, 0.2) is 18.2 Å². The van der Waals surface area contributed by atoms with Gasteiger partial charge in [0.15, 0.2) is 11.5 Å². The maximum Gasteiger partial charge on any atom is 0.161 e. The summed E-state index contributed by atoms with van der Waals surface area (Å²) in [5.41, 5.74) is 1.27. The highest BCUT2D eigenvalue weighted by Crippen LogP contribution is 2.30. The van der Waals surface area contributed by atoms with E-state index in [-0.39, 0.29) is 0 Å². The molecular formula is C17H26N2O2. The second-order valence-electron chi connectivity index (χ2n) is 5.92. The monoisotopic (exact) mass is 290 g/mol. The first-order valence-electron chi connectivity index (χ1n) is 8.19. The highest BCUT2D eigenvalue weighted by molar-refractivity contribution is 5.43. The van der Waals surface area contributed by atoms with E-state index in [4.69, 9.17) is 9.47 Å². The van der Waals surface area contributed by atoms with Crippen LogP contribution in [-0.4, -0.2) is 43.8 Å². The first-order valence-corrected chi connectivity index (χ1v) is 8.19. The van der Waals surface area contributed by atoms with Crippen LogP contribution >= 0.6 is 0 Å². The molecule has 0 aromatic heterocycles. The molecule has 2 aliphatic heterocycles. The second-order valence-corrected chi connectivity index (χ2v) is 5.92. The molecule has 0 radical (unpaired) electrons. The van der Waals surface area contributed by atoms with Gasteiger partial charge in [0.25, 0.3) is 0 Å². The number of rotatable bonds is 4. The summed E-state index contributed by atoms with van der Waals surface area (Å²) in [6, 6.07) is 6.90. The maximum absolute atomic E-state index is 5.65. The minimum absolute atomic E-state index is 0.634. The standard InChI is InChI=1S/C17H26N2O2/c1-2-19-8-3-4-15(7-9-19)18-13-14-5-6-16-17(12-14)21-11-10-20-16/h5-6,12,15,18H,2-4,7-11,13H2,1H3. The van der Waals surface area contributed by atoms with Crippen LogP contribution in [0.25, 0.3) is 0 Å². The zero-order chi connectivity index (χ0) is 14.5. The van der Waals surface area contributed by atoms with E-state index >= 15 is 0 Å². The fraction of sp³-hybridized carbons (Fsp3) is 0.647. The Bertz CT molecular complexity index is 464. The van der Waals surface area contributed by atoms with Crippen LogP contribution < -0.4 is 14.8 Å². The van der Waals surface area contributed by atoms with E-state index in [1.54, 1.807) is 0 Å². The molecule has 1 aromatic rings. The number of hydrogen-bond donors (Lipinski definition) is 1. The predicted octanol–water partition coefficient (Wildman–Crippen LogP) is 2.42. The lowest BCUT2D eigenvalue weighted by Crippen LogP contribution is -2.30. The third-order valence-electron chi connectivity index (χ3n) is 4.47. The number of hydrogen-bond acceptors (Lipinski definition) is 4. The molecule has 0 amide bonds. The third kappa shape index (κ3) is 3.89. The lowest BCUT2D eigenvalue weighted by Gasteiger charge is -2.20. The second kappa shape index (κ2) is 7.14. The molecule has 1 fully saturated rings. The fourth-order valence-electron chi connectivity index (χ4n) is 3.14. The summed E-state index contributed by atoms with van der Waals surface area (Å²) in [7, 11) is 0. The maximum atomic E-state index is 5.65. The normalized spacial score (nSPS) is 22.8. The average Bonchev–Trinajstić information content (AvgIpc) is 2.78. The molecule has 4 nitrogen and oxygen atoms in total. The SMILES string of the molecule is CCN1CCCC(NCc2ccc3c(c2)OCCO3)CC1. The smallest absolute Gasteiger partial charge is 0.161 e. The van der Waals surface area contributed by atoms with Crippen LogP contribution in [0.4, 0.5) is 0 Å². The van der Waals surface area contributed by atoms with Crippen LogP contribution in [0.3, 0.4) is 0 Å². The Labute approximate surface area is 127 Å². The lowest BCUT2D eigenvalue weighted by molar-refractivity contribution is 0.171. The van der Waals surface area contributed by atoms with E-state index < -0.39 is 0 Å².